The summed E-state index contributed by atoms with van der Waals surface area (Å²) in [6, 6.07) is 7.39. The lowest BCUT2D eigenvalue weighted by Crippen LogP contribution is -2.47. The topological polar surface area (TPSA) is 75.9 Å². The number of hydrogen-bond donors (Lipinski definition) is 1. The van der Waals surface area contributed by atoms with E-state index >= 15 is 0 Å². The largest absolute Gasteiger partial charge is 0.348 e. The molecule has 1 saturated heterocycles. The number of benzene rings is 1. The van der Waals surface area contributed by atoms with Gasteiger partial charge in [-0.1, -0.05) is 35.1 Å². The highest BCUT2D eigenvalue weighted by Crippen LogP contribution is 2.25. The zero-order valence-electron chi connectivity index (χ0n) is 14.8. The molecule has 3 aromatic rings. The molecular formula is C18H19ClN6OS. The molecule has 1 unspecified atom stereocenters. The second kappa shape index (κ2) is 7.66. The molecule has 1 N–H and O–H groups in total. The number of anilines is 2. The normalized spacial score (nSPS) is 17.3. The van der Waals surface area contributed by atoms with Gasteiger partial charge in [-0.3, -0.25) is 9.48 Å². The zero-order valence-corrected chi connectivity index (χ0v) is 16.4. The monoisotopic (exact) mass is 402 g/mol. The highest BCUT2D eigenvalue weighted by Gasteiger charge is 2.31. The molecule has 0 aliphatic carbocycles. The molecule has 1 aliphatic heterocycles. The number of nitrogens with one attached hydrogen (secondary N) is 1. The molecule has 0 radical (unpaired) electrons. The third-order valence-corrected chi connectivity index (χ3v) is 5.58. The van der Waals surface area contributed by atoms with Gasteiger partial charge in [0.15, 0.2) is 0 Å². The van der Waals surface area contributed by atoms with Crippen molar-refractivity contribution in [1.29, 1.82) is 0 Å². The molecule has 0 saturated carbocycles. The third kappa shape index (κ3) is 4.12. The van der Waals surface area contributed by atoms with Crippen LogP contribution in [0.5, 0.6) is 0 Å². The van der Waals surface area contributed by atoms with E-state index in [1.165, 1.54) is 11.3 Å². The molecule has 2 aromatic heterocycles. The summed E-state index contributed by atoms with van der Waals surface area (Å²) in [4.78, 5) is 14.6. The summed E-state index contributed by atoms with van der Waals surface area (Å²) in [6.45, 7) is 0.709. The van der Waals surface area contributed by atoms with Crippen LogP contribution in [0.15, 0.2) is 36.7 Å². The Morgan fingerprint density at radius 2 is 2.11 bits per heavy atom. The SMILES string of the molecule is Cn1cc(N2CCCC(Nc3nnc(Cc4ccc(Cl)cc4)s3)C2=O)cn1. The molecule has 1 atom stereocenters. The standard InChI is InChI=1S/C18H19ClN6OS/c1-24-11-14(10-20-24)25-8-2-3-15(17(25)26)21-18-23-22-16(27-18)9-12-4-6-13(19)7-5-12/h4-7,10-11,15H,2-3,8-9H2,1H3,(H,21,23). The first-order chi connectivity index (χ1) is 13.1. The lowest BCUT2D eigenvalue weighted by Gasteiger charge is -2.31. The molecule has 9 heteroatoms. The maximum atomic E-state index is 12.8. The fourth-order valence-corrected chi connectivity index (χ4v) is 4.08. The predicted molar refractivity (Wildman–Crippen MR) is 106 cm³/mol. The summed E-state index contributed by atoms with van der Waals surface area (Å²) in [5, 5.41) is 18.1. The van der Waals surface area contributed by atoms with Crippen molar-refractivity contribution in [2.75, 3.05) is 16.8 Å². The smallest absolute Gasteiger partial charge is 0.249 e. The molecule has 1 amide bonds. The van der Waals surface area contributed by atoms with E-state index in [1.54, 1.807) is 15.8 Å². The Kier molecular flexibility index (Phi) is 5.09. The number of hydrogen-bond acceptors (Lipinski definition) is 6. The maximum absolute atomic E-state index is 12.8. The van der Waals surface area contributed by atoms with Gasteiger partial charge in [0.1, 0.15) is 11.0 Å². The van der Waals surface area contributed by atoms with Crippen LogP contribution in [0.1, 0.15) is 23.4 Å². The summed E-state index contributed by atoms with van der Waals surface area (Å²) in [7, 11) is 1.84. The lowest BCUT2D eigenvalue weighted by atomic mass is 10.0. The van der Waals surface area contributed by atoms with Gasteiger partial charge in [0.25, 0.3) is 0 Å². The minimum atomic E-state index is -0.296. The first kappa shape index (κ1) is 17.9. The average molecular weight is 403 g/mol. The van der Waals surface area contributed by atoms with Crippen LogP contribution in [-0.4, -0.2) is 38.5 Å². The van der Waals surface area contributed by atoms with Crippen LogP contribution in [0, 0.1) is 0 Å². The second-order valence-electron chi connectivity index (χ2n) is 6.51. The Labute approximate surface area is 166 Å². The van der Waals surface area contributed by atoms with Gasteiger partial charge in [-0.2, -0.15) is 5.10 Å². The summed E-state index contributed by atoms with van der Waals surface area (Å²) < 4.78 is 1.70. The summed E-state index contributed by atoms with van der Waals surface area (Å²) in [5.74, 6) is 0.0451. The highest BCUT2D eigenvalue weighted by molar-refractivity contribution is 7.15. The van der Waals surface area contributed by atoms with E-state index in [0.717, 1.165) is 29.1 Å². The number of halogens is 1. The molecule has 140 valence electrons. The zero-order chi connectivity index (χ0) is 18.8. The first-order valence-electron chi connectivity index (χ1n) is 8.72. The number of rotatable bonds is 5. The minimum Gasteiger partial charge on any atom is -0.348 e. The van der Waals surface area contributed by atoms with E-state index in [9.17, 15) is 4.79 Å². The number of amides is 1. The average Bonchev–Trinajstić information content (AvgIpc) is 3.28. The van der Waals surface area contributed by atoms with Crippen LogP contribution in [0.4, 0.5) is 10.8 Å². The van der Waals surface area contributed by atoms with E-state index < -0.39 is 0 Å². The number of piperidine rings is 1. The Morgan fingerprint density at radius 3 is 2.85 bits per heavy atom. The van der Waals surface area contributed by atoms with Gasteiger partial charge in [-0.25, -0.2) is 0 Å². The van der Waals surface area contributed by atoms with Gasteiger partial charge < -0.3 is 10.2 Å². The Balaban J connectivity index is 1.42. The van der Waals surface area contributed by atoms with Crippen molar-refractivity contribution < 1.29 is 4.79 Å². The molecule has 4 rings (SSSR count). The summed E-state index contributed by atoms with van der Waals surface area (Å²) in [6.07, 6.45) is 5.97. The molecule has 1 fully saturated rings. The van der Waals surface area contributed by atoms with Crippen molar-refractivity contribution in [3.8, 4) is 0 Å². The molecule has 0 spiro atoms. The fraction of sp³-hybridized carbons (Fsp3) is 0.333. The van der Waals surface area contributed by atoms with Crippen LogP contribution >= 0.6 is 22.9 Å². The molecule has 1 aromatic carbocycles. The van der Waals surface area contributed by atoms with E-state index in [-0.39, 0.29) is 11.9 Å². The van der Waals surface area contributed by atoms with Gasteiger partial charge >= 0.3 is 0 Å². The molecule has 3 heterocycles. The van der Waals surface area contributed by atoms with Crippen LogP contribution in [0.25, 0.3) is 0 Å². The van der Waals surface area contributed by atoms with Gasteiger partial charge in [0, 0.05) is 31.2 Å². The van der Waals surface area contributed by atoms with Gasteiger partial charge in [0.2, 0.25) is 11.0 Å². The number of aryl methyl sites for hydroxylation is 1. The van der Waals surface area contributed by atoms with Crippen LogP contribution in [0.2, 0.25) is 5.02 Å². The minimum absolute atomic E-state index is 0.0451. The van der Waals surface area contributed by atoms with E-state index in [0.29, 0.717) is 23.1 Å². The van der Waals surface area contributed by atoms with E-state index in [1.807, 2.05) is 37.5 Å². The molecule has 7 nitrogen and oxygen atoms in total. The number of nitrogens with zero attached hydrogens (tertiary/aromatic N) is 5. The second-order valence-corrected chi connectivity index (χ2v) is 8.00. The predicted octanol–water partition coefficient (Wildman–Crippen LogP) is 3.12. The van der Waals surface area contributed by atoms with Crippen LogP contribution < -0.4 is 10.2 Å². The van der Waals surface area contributed by atoms with E-state index in [2.05, 4.69) is 20.6 Å². The number of carbonyl (C=O) groups excluding carboxylic acids is 1. The summed E-state index contributed by atoms with van der Waals surface area (Å²) >= 11 is 7.40. The van der Waals surface area contributed by atoms with Gasteiger partial charge in [-0.15, -0.1) is 10.2 Å². The van der Waals surface area contributed by atoms with Crippen molar-refractivity contribution in [3.63, 3.8) is 0 Å². The number of aromatic nitrogens is 4. The van der Waals surface area contributed by atoms with Gasteiger partial charge in [-0.05, 0) is 30.5 Å². The third-order valence-electron chi connectivity index (χ3n) is 4.47. The molecule has 0 bridgehead atoms. The van der Waals surface area contributed by atoms with E-state index in [4.69, 9.17) is 11.6 Å². The van der Waals surface area contributed by atoms with Crippen molar-refractivity contribution in [3.05, 3.63) is 52.3 Å². The molecule has 27 heavy (non-hydrogen) atoms. The number of carbonyl (C=O) groups is 1. The van der Waals surface area contributed by atoms with Crippen LogP contribution in [0.3, 0.4) is 0 Å². The van der Waals surface area contributed by atoms with Gasteiger partial charge in [0.05, 0.1) is 11.9 Å². The molecule has 1 aliphatic rings. The first-order valence-corrected chi connectivity index (χ1v) is 9.91. The highest BCUT2D eigenvalue weighted by atomic mass is 35.5. The van der Waals surface area contributed by atoms with Crippen molar-refractivity contribution in [2.24, 2.45) is 7.05 Å². The van der Waals surface area contributed by atoms with Crippen LogP contribution in [-0.2, 0) is 18.3 Å². The van der Waals surface area contributed by atoms with Crippen molar-refractivity contribution >= 4 is 39.7 Å². The Bertz CT molecular complexity index is 937. The maximum Gasteiger partial charge on any atom is 0.249 e. The van der Waals surface area contributed by atoms with Crippen molar-refractivity contribution in [1.82, 2.24) is 20.0 Å². The van der Waals surface area contributed by atoms with Crippen molar-refractivity contribution in [2.45, 2.75) is 25.3 Å². The lowest BCUT2D eigenvalue weighted by molar-refractivity contribution is -0.120. The Morgan fingerprint density at radius 1 is 1.30 bits per heavy atom. The molecular weight excluding hydrogens is 384 g/mol. The quantitative estimate of drug-likeness (QED) is 0.709. The summed E-state index contributed by atoms with van der Waals surface area (Å²) in [5.41, 5.74) is 1.95. The Hall–Kier alpha value is -2.45. The fourth-order valence-electron chi connectivity index (χ4n) is 3.12.